The van der Waals surface area contributed by atoms with Crippen LogP contribution in [0.25, 0.3) is 0 Å². The van der Waals surface area contributed by atoms with Crippen molar-refractivity contribution in [3.05, 3.63) is 23.8 Å². The summed E-state index contributed by atoms with van der Waals surface area (Å²) < 4.78 is 49.7. The minimum absolute atomic E-state index is 0.209. The van der Waals surface area contributed by atoms with Crippen LogP contribution in [0.2, 0.25) is 0 Å². The second-order valence-electron chi connectivity index (χ2n) is 6.33. The van der Waals surface area contributed by atoms with Gasteiger partial charge in [0.2, 0.25) is 0 Å². The first kappa shape index (κ1) is 17.2. The third-order valence-electron chi connectivity index (χ3n) is 4.38. The number of hydrogen-bond donors (Lipinski definition) is 1. The first-order valence-corrected chi connectivity index (χ1v) is 7.26. The Bertz CT molecular complexity index is 559. The van der Waals surface area contributed by atoms with Crippen molar-refractivity contribution in [2.45, 2.75) is 57.9 Å². The molecule has 0 spiro atoms. The molecule has 7 heteroatoms. The largest absolute Gasteiger partial charge is 0.508 e. The Hall–Kier alpha value is -1.21. The fraction of sp³-hybridized carbons (Fsp3) is 0.600. The van der Waals surface area contributed by atoms with Crippen molar-refractivity contribution in [1.82, 2.24) is 0 Å². The Morgan fingerprint density at radius 1 is 1.18 bits per heavy atom. The molecule has 0 amide bonds. The maximum atomic E-state index is 12.6. The molecule has 0 radical (unpaired) electrons. The van der Waals surface area contributed by atoms with Gasteiger partial charge in [0.25, 0.3) is 0 Å². The summed E-state index contributed by atoms with van der Waals surface area (Å²) in [6.07, 6.45) is -2.86. The molecular weight excluding hydrogens is 296 g/mol. The van der Waals surface area contributed by atoms with Gasteiger partial charge in [-0.05, 0) is 33.3 Å². The van der Waals surface area contributed by atoms with Crippen LogP contribution >= 0.6 is 0 Å². The van der Waals surface area contributed by atoms with E-state index in [9.17, 15) is 18.3 Å². The van der Waals surface area contributed by atoms with Gasteiger partial charge in [-0.2, -0.15) is 13.2 Å². The maximum absolute atomic E-state index is 12.6. The van der Waals surface area contributed by atoms with Crippen LogP contribution in [0.5, 0.6) is 5.75 Å². The fourth-order valence-electron chi connectivity index (χ4n) is 2.68. The summed E-state index contributed by atoms with van der Waals surface area (Å²) >= 11 is 0. The average Bonchev–Trinajstić information content (AvgIpc) is 2.59. The quantitative estimate of drug-likeness (QED) is 0.868. The molecule has 1 aromatic rings. The van der Waals surface area contributed by atoms with Crippen LogP contribution in [0, 0.1) is 0 Å². The number of rotatable bonds is 3. The molecule has 1 heterocycles. The number of alkyl halides is 3. The first-order valence-electron chi connectivity index (χ1n) is 7.26. The van der Waals surface area contributed by atoms with Crippen LogP contribution in [0.4, 0.5) is 13.2 Å². The van der Waals surface area contributed by atoms with Gasteiger partial charge in [0, 0.05) is 5.46 Å². The van der Waals surface area contributed by atoms with Crippen molar-refractivity contribution in [2.24, 2.45) is 0 Å². The molecule has 1 atom stereocenters. The minimum Gasteiger partial charge on any atom is -0.508 e. The van der Waals surface area contributed by atoms with Crippen LogP contribution in [-0.2, 0) is 15.5 Å². The van der Waals surface area contributed by atoms with E-state index in [1.807, 2.05) is 27.7 Å². The zero-order valence-corrected chi connectivity index (χ0v) is 13.1. The summed E-state index contributed by atoms with van der Waals surface area (Å²) in [7, 11) is -0.881. The standard InChI is InChI=1S/C15H20BF3O3/c1-5-8-14(4)13(2,3)21-16(22-14)11-7-6-10(9-12(11)20)15(17,18)19/h6-7,9,20H,5,8H2,1-4H3. The Kier molecular flexibility index (Phi) is 4.26. The summed E-state index contributed by atoms with van der Waals surface area (Å²) in [6, 6.07) is 2.82. The molecular formula is C15H20BF3O3. The molecule has 1 aliphatic heterocycles. The summed E-state index contributed by atoms with van der Waals surface area (Å²) in [5, 5.41) is 9.93. The third-order valence-corrected chi connectivity index (χ3v) is 4.38. The number of phenols is 1. The Morgan fingerprint density at radius 2 is 1.82 bits per heavy atom. The van der Waals surface area contributed by atoms with E-state index >= 15 is 0 Å². The van der Waals surface area contributed by atoms with Crippen LogP contribution in [-0.4, -0.2) is 23.4 Å². The van der Waals surface area contributed by atoms with Gasteiger partial charge in [-0.3, -0.25) is 0 Å². The molecule has 1 unspecified atom stereocenters. The lowest BCUT2D eigenvalue weighted by atomic mass is 9.78. The predicted molar refractivity (Wildman–Crippen MR) is 78.1 cm³/mol. The highest BCUT2D eigenvalue weighted by Gasteiger charge is 2.54. The van der Waals surface area contributed by atoms with E-state index < -0.39 is 35.8 Å². The van der Waals surface area contributed by atoms with Crippen molar-refractivity contribution in [2.75, 3.05) is 0 Å². The number of aromatic hydroxyl groups is 1. The predicted octanol–water partition coefficient (Wildman–Crippen LogP) is 3.49. The lowest BCUT2D eigenvalue weighted by Gasteiger charge is -2.36. The van der Waals surface area contributed by atoms with E-state index in [-0.39, 0.29) is 5.46 Å². The maximum Gasteiger partial charge on any atom is 0.498 e. The Labute approximate surface area is 128 Å². The molecule has 2 rings (SSSR count). The third kappa shape index (κ3) is 2.97. The highest BCUT2D eigenvalue weighted by molar-refractivity contribution is 6.63. The monoisotopic (exact) mass is 316 g/mol. The zero-order valence-electron chi connectivity index (χ0n) is 13.1. The molecule has 3 nitrogen and oxygen atoms in total. The van der Waals surface area contributed by atoms with Gasteiger partial charge in [-0.1, -0.05) is 25.5 Å². The van der Waals surface area contributed by atoms with Gasteiger partial charge in [0.1, 0.15) is 5.75 Å². The normalized spacial score (nSPS) is 24.8. The van der Waals surface area contributed by atoms with Crippen molar-refractivity contribution in [3.63, 3.8) is 0 Å². The van der Waals surface area contributed by atoms with Gasteiger partial charge in [-0.25, -0.2) is 0 Å². The number of hydrogen-bond acceptors (Lipinski definition) is 3. The zero-order chi connectivity index (χ0) is 16.8. The molecule has 1 saturated heterocycles. The molecule has 122 valence electrons. The molecule has 1 aliphatic rings. The SMILES string of the molecule is CCCC1(C)OB(c2ccc(C(F)(F)F)cc2O)OC1(C)C. The highest BCUT2D eigenvalue weighted by Crippen LogP contribution is 2.41. The van der Waals surface area contributed by atoms with Gasteiger partial charge >= 0.3 is 13.3 Å². The first-order chi connectivity index (χ1) is 10.00. The summed E-state index contributed by atoms with van der Waals surface area (Å²) in [4.78, 5) is 0. The van der Waals surface area contributed by atoms with Crippen LogP contribution in [0.3, 0.4) is 0 Å². The van der Waals surface area contributed by atoms with E-state index in [0.717, 1.165) is 18.9 Å². The molecule has 0 aromatic heterocycles. The number of benzene rings is 1. The number of phenolic OH excluding ortho intramolecular Hbond substituents is 1. The molecule has 0 aliphatic carbocycles. The average molecular weight is 316 g/mol. The van der Waals surface area contributed by atoms with E-state index in [2.05, 4.69) is 0 Å². The van der Waals surface area contributed by atoms with E-state index in [0.29, 0.717) is 6.07 Å². The summed E-state index contributed by atoms with van der Waals surface area (Å²) in [5.74, 6) is -0.476. The highest BCUT2D eigenvalue weighted by atomic mass is 19.4. The van der Waals surface area contributed by atoms with Gasteiger partial charge in [-0.15, -0.1) is 0 Å². The van der Waals surface area contributed by atoms with Gasteiger partial charge < -0.3 is 14.4 Å². The Morgan fingerprint density at radius 3 is 2.32 bits per heavy atom. The lowest BCUT2D eigenvalue weighted by molar-refractivity contribution is -0.137. The number of halogens is 3. The summed E-state index contributed by atoms with van der Waals surface area (Å²) in [6.45, 7) is 7.69. The van der Waals surface area contributed by atoms with Crippen molar-refractivity contribution in [1.29, 1.82) is 0 Å². The van der Waals surface area contributed by atoms with Crippen LogP contribution < -0.4 is 5.46 Å². The lowest BCUT2D eigenvalue weighted by Crippen LogP contribution is -2.44. The van der Waals surface area contributed by atoms with Crippen molar-refractivity contribution < 1.29 is 27.6 Å². The van der Waals surface area contributed by atoms with Crippen LogP contribution in [0.15, 0.2) is 18.2 Å². The second-order valence-corrected chi connectivity index (χ2v) is 6.33. The molecule has 0 saturated carbocycles. The second kappa shape index (κ2) is 5.46. The van der Waals surface area contributed by atoms with E-state index in [4.69, 9.17) is 9.31 Å². The van der Waals surface area contributed by atoms with Crippen molar-refractivity contribution in [3.8, 4) is 5.75 Å². The summed E-state index contributed by atoms with van der Waals surface area (Å²) in [5.41, 5.74) is -1.87. The minimum atomic E-state index is -4.50. The molecule has 1 N–H and O–H groups in total. The van der Waals surface area contributed by atoms with Crippen molar-refractivity contribution >= 4 is 12.6 Å². The molecule has 22 heavy (non-hydrogen) atoms. The van der Waals surface area contributed by atoms with Crippen LogP contribution in [0.1, 0.15) is 46.1 Å². The topological polar surface area (TPSA) is 38.7 Å². The molecule has 1 aromatic carbocycles. The fourth-order valence-corrected chi connectivity index (χ4v) is 2.68. The van der Waals surface area contributed by atoms with E-state index in [1.165, 1.54) is 6.07 Å². The van der Waals surface area contributed by atoms with E-state index in [1.54, 1.807) is 0 Å². The van der Waals surface area contributed by atoms with Gasteiger partial charge in [0.15, 0.2) is 0 Å². The molecule has 1 fully saturated rings. The molecule has 0 bridgehead atoms. The Balaban J connectivity index is 2.31. The smallest absolute Gasteiger partial charge is 0.498 e. The van der Waals surface area contributed by atoms with Gasteiger partial charge in [0.05, 0.1) is 16.8 Å².